The number of amidine groups is 1. The largest absolute Gasteiger partial charge is 0.573 e. The lowest BCUT2D eigenvalue weighted by Gasteiger charge is -2.29. The Morgan fingerprint density at radius 2 is 1.71 bits per heavy atom. The van der Waals surface area contributed by atoms with Gasteiger partial charge in [-0.15, -0.1) is 13.2 Å². The molecule has 1 atom stereocenters. The summed E-state index contributed by atoms with van der Waals surface area (Å²) >= 11 is 0. The minimum Gasteiger partial charge on any atom is -0.406 e. The van der Waals surface area contributed by atoms with Crippen LogP contribution in [0, 0.1) is 5.95 Å². The summed E-state index contributed by atoms with van der Waals surface area (Å²) in [6.07, 6.45) is -3.45. The fourth-order valence-electron chi connectivity index (χ4n) is 4.56. The Kier molecular flexibility index (Phi) is 5.08. The van der Waals surface area contributed by atoms with Crippen LogP contribution in [-0.4, -0.2) is 40.1 Å². The van der Waals surface area contributed by atoms with Crippen LogP contribution in [0.3, 0.4) is 0 Å². The summed E-state index contributed by atoms with van der Waals surface area (Å²) in [4.78, 5) is 15.2. The van der Waals surface area contributed by atoms with Gasteiger partial charge in [0.15, 0.2) is 11.5 Å². The lowest BCUT2D eigenvalue weighted by atomic mass is 9.81. The Balaban J connectivity index is 1.70. The van der Waals surface area contributed by atoms with Crippen LogP contribution in [0.4, 0.5) is 17.6 Å². The zero-order chi connectivity index (χ0) is 25.0. The van der Waals surface area contributed by atoms with Gasteiger partial charge in [0.25, 0.3) is 0 Å². The Bertz CT molecular complexity index is 1350. The molecule has 3 heterocycles. The molecule has 6 nitrogen and oxygen atoms in total. The number of halogens is 4. The number of aromatic nitrogens is 1. The molecule has 2 aliphatic rings. The third kappa shape index (κ3) is 3.98. The van der Waals surface area contributed by atoms with Crippen molar-refractivity contribution in [1.29, 1.82) is 0 Å². The fraction of sp³-hybridized carbons (Fsp3) is 0.240. The van der Waals surface area contributed by atoms with Crippen LogP contribution >= 0.6 is 0 Å². The van der Waals surface area contributed by atoms with Gasteiger partial charge in [0.1, 0.15) is 11.6 Å². The highest BCUT2D eigenvalue weighted by atomic mass is 19.4. The quantitative estimate of drug-likeness (QED) is 0.425. The molecule has 2 N–H and O–H groups in total. The maximum absolute atomic E-state index is 14.5. The normalized spacial score (nSPS) is 20.9. The van der Waals surface area contributed by atoms with Gasteiger partial charge in [-0.05, 0) is 60.9 Å². The van der Waals surface area contributed by atoms with Crippen LogP contribution in [0.5, 0.6) is 5.75 Å². The van der Waals surface area contributed by atoms with Gasteiger partial charge >= 0.3 is 6.36 Å². The Labute approximate surface area is 198 Å². The van der Waals surface area contributed by atoms with E-state index in [0.717, 1.165) is 0 Å². The first-order valence-electron chi connectivity index (χ1n) is 10.8. The Morgan fingerprint density at radius 1 is 0.971 bits per heavy atom. The minimum absolute atomic E-state index is 0.239. The van der Waals surface area contributed by atoms with Crippen molar-refractivity contribution in [2.45, 2.75) is 31.3 Å². The maximum Gasteiger partial charge on any atom is 0.573 e. The molecular formula is C25H21F4N5O. The lowest BCUT2D eigenvalue weighted by molar-refractivity contribution is -0.274. The summed E-state index contributed by atoms with van der Waals surface area (Å²) in [7, 11) is 0. The Morgan fingerprint density at radius 3 is 2.40 bits per heavy atom. The summed E-state index contributed by atoms with van der Waals surface area (Å²) in [6, 6.07) is 15.8. The summed E-state index contributed by atoms with van der Waals surface area (Å²) in [6.45, 7) is 4.40. The number of hydrogen-bond donors (Lipinski definition) is 1. The number of guanidine groups is 1. The van der Waals surface area contributed by atoms with E-state index in [9.17, 15) is 17.6 Å². The zero-order valence-corrected chi connectivity index (χ0v) is 18.8. The fourth-order valence-corrected chi connectivity index (χ4v) is 4.56. The molecule has 35 heavy (non-hydrogen) atoms. The van der Waals surface area contributed by atoms with Crippen LogP contribution in [0.2, 0.25) is 0 Å². The van der Waals surface area contributed by atoms with Gasteiger partial charge in [-0.1, -0.05) is 30.3 Å². The topological polar surface area (TPSA) is 76.1 Å². The van der Waals surface area contributed by atoms with E-state index in [1.807, 2.05) is 19.9 Å². The minimum atomic E-state index is -4.81. The number of nitrogens with two attached hydrogens (primary N) is 1. The molecule has 0 saturated carbocycles. The van der Waals surface area contributed by atoms with Crippen molar-refractivity contribution in [3.05, 3.63) is 83.9 Å². The lowest BCUT2D eigenvalue weighted by Crippen LogP contribution is -2.42. The van der Waals surface area contributed by atoms with Crippen LogP contribution in [-0.2, 0) is 5.54 Å². The van der Waals surface area contributed by atoms with Gasteiger partial charge in [0, 0.05) is 11.8 Å². The highest BCUT2D eigenvalue weighted by Crippen LogP contribution is 2.45. The molecule has 3 aromatic rings. The van der Waals surface area contributed by atoms with Crippen LogP contribution < -0.4 is 10.5 Å². The number of hydrogen-bond acceptors (Lipinski definition) is 6. The molecule has 2 aliphatic heterocycles. The zero-order valence-electron chi connectivity index (χ0n) is 18.8. The van der Waals surface area contributed by atoms with Crippen molar-refractivity contribution >= 4 is 11.8 Å². The van der Waals surface area contributed by atoms with E-state index in [1.165, 1.54) is 30.5 Å². The van der Waals surface area contributed by atoms with Crippen LogP contribution in [0.1, 0.15) is 25.0 Å². The summed E-state index contributed by atoms with van der Waals surface area (Å²) in [5.74, 6) is -0.193. The van der Waals surface area contributed by atoms with Crippen molar-refractivity contribution in [2.75, 3.05) is 6.54 Å². The first-order chi connectivity index (χ1) is 16.5. The van der Waals surface area contributed by atoms with Crippen molar-refractivity contribution in [1.82, 2.24) is 9.88 Å². The first kappa shape index (κ1) is 22.8. The number of benzene rings is 2. The summed E-state index contributed by atoms with van der Waals surface area (Å²) in [5, 5.41) is 0. The van der Waals surface area contributed by atoms with Crippen LogP contribution in [0.25, 0.3) is 11.1 Å². The van der Waals surface area contributed by atoms with E-state index >= 15 is 0 Å². The third-order valence-corrected chi connectivity index (χ3v) is 5.95. The van der Waals surface area contributed by atoms with Gasteiger partial charge in [-0.2, -0.15) is 4.39 Å². The van der Waals surface area contributed by atoms with Crippen molar-refractivity contribution in [3.8, 4) is 16.9 Å². The molecule has 180 valence electrons. The second-order valence-electron chi connectivity index (χ2n) is 9.01. The van der Waals surface area contributed by atoms with Crippen molar-refractivity contribution < 1.29 is 22.3 Å². The van der Waals surface area contributed by atoms with Gasteiger partial charge in [0.2, 0.25) is 5.95 Å². The van der Waals surface area contributed by atoms with E-state index in [2.05, 4.69) is 9.72 Å². The molecule has 10 heteroatoms. The van der Waals surface area contributed by atoms with Gasteiger partial charge < -0.3 is 10.5 Å². The van der Waals surface area contributed by atoms with Gasteiger partial charge in [-0.25, -0.2) is 9.98 Å². The molecule has 0 fully saturated rings. The monoisotopic (exact) mass is 483 g/mol. The summed E-state index contributed by atoms with van der Waals surface area (Å²) in [5.41, 5.74) is 6.66. The predicted molar refractivity (Wildman–Crippen MR) is 123 cm³/mol. The molecule has 1 unspecified atom stereocenters. The molecule has 5 rings (SSSR count). The van der Waals surface area contributed by atoms with E-state index < -0.39 is 23.4 Å². The second-order valence-corrected chi connectivity index (χ2v) is 9.01. The number of nitrogens with zero attached hydrogens (tertiary/aromatic N) is 4. The standard InChI is InChI=1S/C25H21F4N5O/c1-23(2)14-34-21(32-23)24(33-22(34)30,16-8-10-18(11-9-16)35-25(27,28)29)17-6-3-5-15(13-17)19-7-4-12-31-20(19)26/h3-13H,14H2,1-2H3,(H2,30,33). The molecule has 1 aromatic heterocycles. The number of aliphatic imine (C=N–C) groups is 2. The molecule has 0 bridgehead atoms. The van der Waals surface area contributed by atoms with Gasteiger partial charge in [-0.3, -0.25) is 9.89 Å². The maximum atomic E-state index is 14.5. The molecule has 0 radical (unpaired) electrons. The highest BCUT2D eigenvalue weighted by Gasteiger charge is 2.53. The molecule has 0 saturated heterocycles. The Hall–Kier alpha value is -3.95. The SMILES string of the molecule is CC1(C)CN2C(N)=NC(c3ccc(OC(F)(F)F)cc3)(c3cccc(-c4cccnc4F)c3)C2=N1. The average molecular weight is 483 g/mol. The van der Waals surface area contributed by atoms with E-state index in [-0.39, 0.29) is 11.7 Å². The smallest absolute Gasteiger partial charge is 0.406 e. The van der Waals surface area contributed by atoms with Crippen molar-refractivity contribution in [3.63, 3.8) is 0 Å². The van der Waals surface area contributed by atoms with E-state index in [1.54, 1.807) is 35.2 Å². The highest BCUT2D eigenvalue weighted by molar-refractivity contribution is 6.13. The van der Waals surface area contributed by atoms with Crippen molar-refractivity contribution in [2.24, 2.45) is 15.7 Å². The average Bonchev–Trinajstić information content (AvgIpc) is 3.25. The molecule has 2 aromatic carbocycles. The third-order valence-electron chi connectivity index (χ3n) is 5.95. The number of ether oxygens (including phenoxy) is 1. The van der Waals surface area contributed by atoms with Gasteiger partial charge in [0.05, 0.1) is 12.1 Å². The second kappa shape index (κ2) is 7.79. The number of alkyl halides is 3. The molecular weight excluding hydrogens is 462 g/mol. The van der Waals surface area contributed by atoms with E-state index in [4.69, 9.17) is 15.7 Å². The number of rotatable bonds is 4. The predicted octanol–water partition coefficient (Wildman–Crippen LogP) is 4.85. The number of fused-ring (bicyclic) bond motifs is 1. The summed E-state index contributed by atoms with van der Waals surface area (Å²) < 4.78 is 56.6. The molecule has 0 spiro atoms. The molecule has 0 aliphatic carbocycles. The molecule has 0 amide bonds. The first-order valence-corrected chi connectivity index (χ1v) is 10.8. The number of pyridine rings is 1. The van der Waals surface area contributed by atoms with Crippen LogP contribution in [0.15, 0.2) is 76.8 Å². The van der Waals surface area contributed by atoms with E-state index in [0.29, 0.717) is 34.6 Å².